The van der Waals surface area contributed by atoms with Crippen molar-refractivity contribution in [1.82, 2.24) is 0 Å². The van der Waals surface area contributed by atoms with Gasteiger partial charge in [0.15, 0.2) is 0 Å². The Morgan fingerprint density at radius 1 is 0.800 bits per heavy atom. The third-order valence-corrected chi connectivity index (χ3v) is 9.46. The summed E-state index contributed by atoms with van der Waals surface area (Å²) in [6, 6.07) is 0. The first kappa shape index (κ1) is 13.6. The Kier molecular flexibility index (Phi) is 2.63. The van der Waals surface area contributed by atoms with Gasteiger partial charge < -0.3 is 0 Å². The zero-order valence-electron chi connectivity index (χ0n) is 14.4. The molecule has 0 aromatic heterocycles. The summed E-state index contributed by atoms with van der Waals surface area (Å²) in [5, 5.41) is 0. The van der Waals surface area contributed by atoms with Gasteiger partial charge in [0, 0.05) is 0 Å². The first-order valence-electron chi connectivity index (χ1n) is 9.30. The van der Waals surface area contributed by atoms with Crippen LogP contribution in [0.3, 0.4) is 0 Å². The maximum Gasteiger partial charge on any atom is -0.0269 e. The van der Waals surface area contributed by atoms with Gasteiger partial charge in [0.1, 0.15) is 0 Å². The lowest BCUT2D eigenvalue weighted by Crippen LogP contribution is -2.46. The number of fused-ring (bicyclic) bond motifs is 7. The van der Waals surface area contributed by atoms with Gasteiger partial charge in [-0.15, -0.1) is 0 Å². The molecule has 4 fully saturated rings. The molecule has 4 aliphatic carbocycles. The molecule has 2 bridgehead atoms. The van der Waals surface area contributed by atoms with Crippen LogP contribution in [0.15, 0.2) is 0 Å². The zero-order valence-corrected chi connectivity index (χ0v) is 14.4. The SMILES string of the molecule is CCC1CC(C)C2CC3C(C12)C1CC3C(C)(C)C1(C)C. The second kappa shape index (κ2) is 3.85. The molecule has 4 aliphatic rings. The Morgan fingerprint density at radius 2 is 1.45 bits per heavy atom. The van der Waals surface area contributed by atoms with Crippen LogP contribution in [-0.4, -0.2) is 0 Å². The van der Waals surface area contributed by atoms with Crippen LogP contribution in [0.2, 0.25) is 0 Å². The molecule has 8 atom stereocenters. The van der Waals surface area contributed by atoms with Crippen molar-refractivity contribution in [3.8, 4) is 0 Å². The molecule has 20 heavy (non-hydrogen) atoms. The Bertz CT molecular complexity index is 416. The monoisotopic (exact) mass is 274 g/mol. The van der Waals surface area contributed by atoms with Crippen molar-refractivity contribution in [2.75, 3.05) is 0 Å². The molecule has 0 nitrogen and oxygen atoms in total. The highest BCUT2D eigenvalue weighted by atomic mass is 14.7. The summed E-state index contributed by atoms with van der Waals surface area (Å²) < 4.78 is 0. The quantitative estimate of drug-likeness (QED) is 0.582. The molecule has 0 N–H and O–H groups in total. The van der Waals surface area contributed by atoms with Crippen molar-refractivity contribution in [3.63, 3.8) is 0 Å². The molecule has 8 unspecified atom stereocenters. The van der Waals surface area contributed by atoms with E-state index in [1.165, 1.54) is 12.8 Å². The van der Waals surface area contributed by atoms with E-state index in [4.69, 9.17) is 0 Å². The minimum Gasteiger partial charge on any atom is -0.0651 e. The van der Waals surface area contributed by atoms with Gasteiger partial charge in [-0.25, -0.2) is 0 Å². The summed E-state index contributed by atoms with van der Waals surface area (Å²) in [5.74, 6) is 8.52. The van der Waals surface area contributed by atoms with Crippen molar-refractivity contribution in [1.29, 1.82) is 0 Å². The van der Waals surface area contributed by atoms with Gasteiger partial charge in [-0.3, -0.25) is 0 Å². The van der Waals surface area contributed by atoms with Gasteiger partial charge in [-0.05, 0) is 77.4 Å². The highest BCUT2D eigenvalue weighted by Crippen LogP contribution is 2.76. The van der Waals surface area contributed by atoms with Crippen LogP contribution in [-0.2, 0) is 0 Å². The second-order valence-electron chi connectivity index (χ2n) is 9.99. The molecule has 0 heterocycles. The van der Waals surface area contributed by atoms with Crippen LogP contribution in [0.5, 0.6) is 0 Å². The average molecular weight is 274 g/mol. The first-order chi connectivity index (χ1) is 9.30. The van der Waals surface area contributed by atoms with E-state index in [2.05, 4.69) is 41.5 Å². The topological polar surface area (TPSA) is 0 Å². The van der Waals surface area contributed by atoms with Crippen molar-refractivity contribution < 1.29 is 0 Å². The van der Waals surface area contributed by atoms with Gasteiger partial charge in [-0.1, -0.05) is 48.0 Å². The van der Waals surface area contributed by atoms with Crippen LogP contribution < -0.4 is 0 Å². The minimum atomic E-state index is 0.567. The molecule has 0 saturated heterocycles. The van der Waals surface area contributed by atoms with E-state index < -0.39 is 0 Å². The Balaban J connectivity index is 1.73. The third-order valence-electron chi connectivity index (χ3n) is 9.46. The fraction of sp³-hybridized carbons (Fsp3) is 1.00. The predicted molar refractivity (Wildman–Crippen MR) is 85.3 cm³/mol. The van der Waals surface area contributed by atoms with Gasteiger partial charge >= 0.3 is 0 Å². The van der Waals surface area contributed by atoms with Gasteiger partial charge in [0.2, 0.25) is 0 Å². The molecule has 0 aromatic rings. The number of rotatable bonds is 1. The molecule has 0 aromatic carbocycles. The Labute approximate surface area is 126 Å². The lowest BCUT2D eigenvalue weighted by molar-refractivity contribution is -0.0368. The van der Waals surface area contributed by atoms with E-state index in [1.807, 2.05) is 0 Å². The standard InChI is InChI=1S/C20H34/c1-7-12-8-11(2)13-9-14-15-10-16(18(14)17(12)13)20(5,6)19(15,3)4/h11-18H,7-10H2,1-6H3. The van der Waals surface area contributed by atoms with Crippen LogP contribution in [0.4, 0.5) is 0 Å². The third kappa shape index (κ3) is 1.31. The van der Waals surface area contributed by atoms with Crippen molar-refractivity contribution in [2.45, 2.75) is 67.2 Å². The molecule has 114 valence electrons. The Hall–Kier alpha value is 0. The average Bonchev–Trinajstić information content (AvgIpc) is 3.01. The molecule has 0 aliphatic heterocycles. The number of hydrogen-bond acceptors (Lipinski definition) is 0. The molecule has 0 spiro atoms. The first-order valence-corrected chi connectivity index (χ1v) is 9.30. The van der Waals surface area contributed by atoms with E-state index in [9.17, 15) is 0 Å². The zero-order chi connectivity index (χ0) is 14.4. The largest absolute Gasteiger partial charge is 0.0651 e. The fourth-order valence-electron chi connectivity index (χ4n) is 7.89. The summed E-state index contributed by atoms with van der Waals surface area (Å²) >= 11 is 0. The van der Waals surface area contributed by atoms with Crippen LogP contribution in [0.25, 0.3) is 0 Å². The van der Waals surface area contributed by atoms with E-state index in [1.54, 1.807) is 12.8 Å². The lowest BCUT2D eigenvalue weighted by Gasteiger charge is -2.51. The maximum atomic E-state index is 2.60. The van der Waals surface area contributed by atoms with Crippen LogP contribution in [0, 0.1) is 58.2 Å². The molecule has 0 radical (unpaired) electrons. The Morgan fingerprint density at radius 3 is 2.10 bits per heavy atom. The van der Waals surface area contributed by atoms with Gasteiger partial charge in [0.05, 0.1) is 0 Å². The van der Waals surface area contributed by atoms with E-state index in [0.717, 1.165) is 47.3 Å². The number of hydrogen-bond donors (Lipinski definition) is 0. The maximum absolute atomic E-state index is 2.60. The second-order valence-corrected chi connectivity index (χ2v) is 9.99. The van der Waals surface area contributed by atoms with Gasteiger partial charge in [0.25, 0.3) is 0 Å². The lowest BCUT2D eigenvalue weighted by atomic mass is 9.53. The van der Waals surface area contributed by atoms with Crippen LogP contribution in [0.1, 0.15) is 67.2 Å². The van der Waals surface area contributed by atoms with Crippen molar-refractivity contribution >= 4 is 0 Å². The van der Waals surface area contributed by atoms with E-state index in [0.29, 0.717) is 10.8 Å². The van der Waals surface area contributed by atoms with E-state index >= 15 is 0 Å². The normalized spacial score (nSPS) is 57.9. The van der Waals surface area contributed by atoms with E-state index in [-0.39, 0.29) is 0 Å². The summed E-state index contributed by atoms with van der Waals surface area (Å²) in [7, 11) is 0. The van der Waals surface area contributed by atoms with Crippen molar-refractivity contribution in [3.05, 3.63) is 0 Å². The summed E-state index contributed by atoms with van der Waals surface area (Å²) in [5.41, 5.74) is 1.14. The van der Waals surface area contributed by atoms with Gasteiger partial charge in [-0.2, -0.15) is 0 Å². The molecule has 4 rings (SSSR count). The summed E-state index contributed by atoms with van der Waals surface area (Å²) in [6.07, 6.45) is 6.13. The van der Waals surface area contributed by atoms with Crippen molar-refractivity contribution in [2.24, 2.45) is 58.2 Å². The fourth-order valence-corrected chi connectivity index (χ4v) is 7.89. The summed E-state index contributed by atoms with van der Waals surface area (Å²) in [6.45, 7) is 15.4. The van der Waals surface area contributed by atoms with Crippen LogP contribution >= 0.6 is 0 Å². The molecule has 4 saturated carbocycles. The molecule has 0 heteroatoms. The minimum absolute atomic E-state index is 0.567. The smallest absolute Gasteiger partial charge is 0.0269 e. The highest BCUT2D eigenvalue weighted by Gasteiger charge is 2.70. The molecule has 0 amide bonds. The molecular formula is C20H34. The summed E-state index contributed by atoms with van der Waals surface area (Å²) in [4.78, 5) is 0. The highest BCUT2D eigenvalue weighted by molar-refractivity contribution is 5.18. The molecular weight excluding hydrogens is 240 g/mol. The predicted octanol–water partition coefficient (Wildman–Crippen LogP) is 5.62.